The number of hydrogen-bond donors (Lipinski definition) is 0. The van der Waals surface area contributed by atoms with Gasteiger partial charge in [-0.25, -0.2) is 0 Å². The van der Waals surface area contributed by atoms with Crippen molar-refractivity contribution in [1.82, 2.24) is 4.40 Å². The molecule has 0 aliphatic carbocycles. The first kappa shape index (κ1) is 30.9. The molecule has 2 heterocycles. The Morgan fingerprint density at radius 2 is 1.13 bits per heavy atom. The Morgan fingerprint density at radius 1 is 0.500 bits per heavy atom. The van der Waals surface area contributed by atoms with E-state index in [2.05, 4.69) is 185 Å². The van der Waals surface area contributed by atoms with E-state index >= 15 is 0 Å². The fourth-order valence-electron chi connectivity index (χ4n) is 8.82. The predicted octanol–water partition coefficient (Wildman–Crippen LogP) is 14.9. The summed E-state index contributed by atoms with van der Waals surface area (Å²) in [5.74, 6) is 0.932. The smallest absolute Gasteiger partial charge is 0.0620 e. The van der Waals surface area contributed by atoms with Crippen LogP contribution in [-0.4, -0.2) is 4.40 Å². The molecule has 0 N–H and O–H groups in total. The van der Waals surface area contributed by atoms with Gasteiger partial charge in [-0.15, -0.1) is 0 Å². The molecule has 0 bridgehead atoms. The van der Waals surface area contributed by atoms with Crippen LogP contribution in [0.3, 0.4) is 0 Å². The highest BCUT2D eigenvalue weighted by Crippen LogP contribution is 2.44. The number of allylic oxidation sites excluding steroid dienone is 3. The number of hydrogen-bond acceptors (Lipinski definition) is 0. The molecule has 0 aliphatic rings. The molecule has 1 nitrogen and oxygen atoms in total. The minimum atomic E-state index is 0.447. The van der Waals surface area contributed by atoms with Crippen LogP contribution in [0.4, 0.5) is 0 Å². The molecular weight excluding hydrogens is 627 g/mol. The maximum atomic E-state index is 2.53. The highest BCUT2D eigenvalue weighted by atomic mass is 14.9. The topological polar surface area (TPSA) is 4.41 Å². The van der Waals surface area contributed by atoms with Gasteiger partial charge in [0.15, 0.2) is 0 Å². The zero-order chi connectivity index (χ0) is 35.2. The molecule has 0 unspecified atom stereocenters. The Labute approximate surface area is 304 Å². The predicted molar refractivity (Wildman–Crippen MR) is 228 cm³/mol. The Kier molecular flexibility index (Phi) is 6.86. The van der Waals surface area contributed by atoms with E-state index in [4.69, 9.17) is 0 Å². The fraction of sp³-hybridized carbons (Fsp3) is 0.137. The van der Waals surface area contributed by atoms with Crippen molar-refractivity contribution >= 4 is 87.3 Å². The third-order valence-corrected chi connectivity index (χ3v) is 11.5. The highest BCUT2D eigenvalue weighted by molar-refractivity contribution is 6.28. The van der Waals surface area contributed by atoms with E-state index in [1.54, 1.807) is 0 Å². The van der Waals surface area contributed by atoms with Gasteiger partial charge < -0.3 is 4.40 Å². The summed E-state index contributed by atoms with van der Waals surface area (Å²) >= 11 is 0. The molecule has 0 fully saturated rings. The second-order valence-electron chi connectivity index (χ2n) is 15.3. The van der Waals surface area contributed by atoms with Gasteiger partial charge in [-0.05, 0) is 132 Å². The summed E-state index contributed by atoms with van der Waals surface area (Å²) in [4.78, 5) is 0. The largest absolute Gasteiger partial charge is 0.308 e. The van der Waals surface area contributed by atoms with Gasteiger partial charge in [-0.2, -0.15) is 0 Å². The number of fused-ring (bicyclic) bond motifs is 13. The van der Waals surface area contributed by atoms with Gasteiger partial charge in [0.05, 0.1) is 16.6 Å². The lowest BCUT2D eigenvalue weighted by molar-refractivity contribution is 0.797. The number of nitrogens with zero attached hydrogens (tertiary/aromatic N) is 1. The third-order valence-electron chi connectivity index (χ3n) is 11.5. The number of aromatic nitrogens is 1. The van der Waals surface area contributed by atoms with Crippen molar-refractivity contribution < 1.29 is 0 Å². The molecule has 10 aromatic rings. The van der Waals surface area contributed by atoms with E-state index < -0.39 is 0 Å². The van der Waals surface area contributed by atoms with Gasteiger partial charge in [-0.3, -0.25) is 0 Å². The van der Waals surface area contributed by atoms with Gasteiger partial charge >= 0.3 is 0 Å². The molecule has 8 aromatic carbocycles. The molecule has 0 saturated carbocycles. The Bertz CT molecular complexity index is 3090. The molecule has 250 valence electrons. The van der Waals surface area contributed by atoms with Crippen LogP contribution in [-0.2, 0) is 0 Å². The SMILES string of the molecule is C/C=C\C(=C/c1ccc2c(c1)c1cc(-c3ccc4c5ccccc5c5ccccc5c4c3)cc3c4cc5cc(C(C)C)ccc5cc4n2c13)C(C)C. The summed E-state index contributed by atoms with van der Waals surface area (Å²) in [6.45, 7) is 11.2. The van der Waals surface area contributed by atoms with Crippen molar-refractivity contribution in [2.75, 3.05) is 0 Å². The summed E-state index contributed by atoms with van der Waals surface area (Å²) in [7, 11) is 0. The lowest BCUT2D eigenvalue weighted by Crippen LogP contribution is -1.90. The van der Waals surface area contributed by atoms with Crippen LogP contribution in [0.2, 0.25) is 0 Å². The summed E-state index contributed by atoms with van der Waals surface area (Å²) in [6, 6.07) is 48.6. The monoisotopic (exact) mass is 667 g/mol. The molecule has 0 saturated heterocycles. The van der Waals surface area contributed by atoms with Crippen molar-refractivity contribution in [3.8, 4) is 11.1 Å². The quantitative estimate of drug-likeness (QED) is 0.127. The van der Waals surface area contributed by atoms with Crippen LogP contribution in [0, 0.1) is 5.92 Å². The first-order valence-corrected chi connectivity index (χ1v) is 18.8. The number of benzene rings is 8. The Hall–Kier alpha value is -5.92. The van der Waals surface area contributed by atoms with Crippen LogP contribution in [0.15, 0.2) is 145 Å². The maximum Gasteiger partial charge on any atom is 0.0620 e. The van der Waals surface area contributed by atoms with Gasteiger partial charge in [0.2, 0.25) is 0 Å². The minimum absolute atomic E-state index is 0.447. The summed E-state index contributed by atoms with van der Waals surface area (Å²) < 4.78 is 2.53. The van der Waals surface area contributed by atoms with Crippen molar-refractivity contribution in [2.24, 2.45) is 5.92 Å². The average Bonchev–Trinajstić information content (AvgIpc) is 3.67. The van der Waals surface area contributed by atoms with Crippen LogP contribution in [0.5, 0.6) is 0 Å². The van der Waals surface area contributed by atoms with Gasteiger partial charge in [0.1, 0.15) is 0 Å². The van der Waals surface area contributed by atoms with E-state index in [1.807, 2.05) is 0 Å². The van der Waals surface area contributed by atoms with E-state index in [-0.39, 0.29) is 0 Å². The van der Waals surface area contributed by atoms with Gasteiger partial charge in [0, 0.05) is 21.5 Å². The second kappa shape index (κ2) is 11.6. The summed E-state index contributed by atoms with van der Waals surface area (Å²) in [6.07, 6.45) is 6.75. The zero-order valence-electron chi connectivity index (χ0n) is 30.5. The van der Waals surface area contributed by atoms with Crippen molar-refractivity contribution in [2.45, 2.75) is 40.5 Å². The lowest BCUT2D eigenvalue weighted by atomic mass is 9.91. The molecule has 1 heteroatoms. The van der Waals surface area contributed by atoms with Crippen LogP contribution in [0.1, 0.15) is 51.7 Å². The highest BCUT2D eigenvalue weighted by Gasteiger charge is 2.21. The Morgan fingerprint density at radius 3 is 1.79 bits per heavy atom. The van der Waals surface area contributed by atoms with Gasteiger partial charge in [0.25, 0.3) is 0 Å². The average molecular weight is 668 g/mol. The molecule has 0 atom stereocenters. The molecular formula is C51H41N. The van der Waals surface area contributed by atoms with E-state index in [1.165, 1.54) is 109 Å². The van der Waals surface area contributed by atoms with E-state index in [0.29, 0.717) is 11.8 Å². The molecule has 52 heavy (non-hydrogen) atoms. The van der Waals surface area contributed by atoms with Crippen molar-refractivity contribution in [3.63, 3.8) is 0 Å². The van der Waals surface area contributed by atoms with Crippen LogP contribution < -0.4 is 0 Å². The standard InChI is InChI=1S/C51H41N/c1-6-11-33(30(2)3)22-32-16-21-49-45(23-32)47-27-38(28-48-46-26-37-24-34(31(4)5)17-18-36(37)29-50(46)52(49)51(47)48)35-19-20-43-41-14-8-7-12-39(41)40-13-9-10-15-42(40)44(43)25-35/h6-31H,1-5H3/b11-6-,33-22+. The molecule has 10 rings (SSSR count). The maximum absolute atomic E-state index is 2.53. The Balaban J connectivity index is 1.30. The van der Waals surface area contributed by atoms with E-state index in [0.717, 1.165) is 0 Å². The number of rotatable bonds is 5. The van der Waals surface area contributed by atoms with Crippen LogP contribution in [0.25, 0.3) is 98.4 Å². The van der Waals surface area contributed by atoms with E-state index in [9.17, 15) is 0 Å². The molecule has 2 aromatic heterocycles. The third kappa shape index (κ3) is 4.55. The van der Waals surface area contributed by atoms with Crippen molar-refractivity contribution in [3.05, 3.63) is 156 Å². The normalized spacial score (nSPS) is 13.1. The molecule has 0 radical (unpaired) electrons. The summed E-state index contributed by atoms with van der Waals surface area (Å²) in [5, 5.41) is 15.7. The summed E-state index contributed by atoms with van der Waals surface area (Å²) in [5.41, 5.74) is 10.3. The molecule has 0 aliphatic heterocycles. The first-order valence-electron chi connectivity index (χ1n) is 18.8. The lowest BCUT2D eigenvalue weighted by Gasteiger charge is -2.12. The first-order chi connectivity index (χ1) is 25.4. The van der Waals surface area contributed by atoms with Crippen molar-refractivity contribution in [1.29, 1.82) is 0 Å². The fourth-order valence-corrected chi connectivity index (χ4v) is 8.82. The van der Waals surface area contributed by atoms with Crippen LogP contribution >= 0.6 is 0 Å². The minimum Gasteiger partial charge on any atom is -0.308 e. The zero-order valence-corrected chi connectivity index (χ0v) is 30.5. The molecule has 0 amide bonds. The molecule has 0 spiro atoms. The van der Waals surface area contributed by atoms with Gasteiger partial charge in [-0.1, -0.05) is 131 Å². The second-order valence-corrected chi connectivity index (χ2v) is 15.3.